The molecule has 1 amide bonds. The molecule has 0 heterocycles. The first kappa shape index (κ1) is 22.6. The van der Waals surface area contributed by atoms with Crippen molar-refractivity contribution in [1.82, 2.24) is 10.3 Å². The molecule has 4 heteroatoms. The van der Waals surface area contributed by atoms with Gasteiger partial charge in [0.25, 0.3) is 5.91 Å². The highest BCUT2D eigenvalue weighted by atomic mass is 16.2. The van der Waals surface area contributed by atoms with Crippen molar-refractivity contribution in [3.05, 3.63) is 47.5 Å². The van der Waals surface area contributed by atoms with E-state index < -0.39 is 0 Å². The first-order valence-electron chi connectivity index (χ1n) is 11.5. The van der Waals surface area contributed by atoms with E-state index in [1.54, 1.807) is 0 Å². The second-order valence-electron chi connectivity index (χ2n) is 10.1. The van der Waals surface area contributed by atoms with Crippen LogP contribution in [0.1, 0.15) is 72.3 Å². The largest absolute Gasteiger partial charge is 0.347 e. The fourth-order valence-corrected chi connectivity index (χ4v) is 5.84. The van der Waals surface area contributed by atoms with Crippen molar-refractivity contribution in [3.63, 3.8) is 0 Å². The van der Waals surface area contributed by atoms with Gasteiger partial charge in [0, 0.05) is 13.1 Å². The molecule has 0 radical (unpaired) electrons. The Kier molecular flexibility index (Phi) is 6.74. The molecule has 0 spiro atoms. The van der Waals surface area contributed by atoms with E-state index in [0.717, 1.165) is 18.4 Å². The molecule has 3 atom stereocenters. The lowest BCUT2D eigenvalue weighted by molar-refractivity contribution is -0.117. The first-order chi connectivity index (χ1) is 14.2. The van der Waals surface area contributed by atoms with Gasteiger partial charge in [0.1, 0.15) is 0 Å². The van der Waals surface area contributed by atoms with Gasteiger partial charge >= 0.3 is 0 Å². The van der Waals surface area contributed by atoms with E-state index in [4.69, 9.17) is 5.10 Å². The van der Waals surface area contributed by atoms with Gasteiger partial charge in [0.15, 0.2) is 5.71 Å². The van der Waals surface area contributed by atoms with E-state index in [1.807, 2.05) is 43.3 Å². The molecule has 164 valence electrons. The molecule has 1 aromatic rings. The van der Waals surface area contributed by atoms with E-state index in [1.165, 1.54) is 24.8 Å². The zero-order valence-electron chi connectivity index (χ0n) is 19.7. The van der Waals surface area contributed by atoms with Gasteiger partial charge in [-0.2, -0.15) is 5.10 Å². The van der Waals surface area contributed by atoms with Crippen LogP contribution in [0, 0.1) is 16.7 Å². The number of allylic oxidation sites excluding steroid dienone is 1. The Labute approximate surface area is 182 Å². The minimum absolute atomic E-state index is 0.0247. The van der Waals surface area contributed by atoms with Crippen molar-refractivity contribution in [3.8, 4) is 0 Å². The fourth-order valence-electron chi connectivity index (χ4n) is 5.84. The van der Waals surface area contributed by atoms with Crippen LogP contribution in [0.2, 0.25) is 0 Å². The van der Waals surface area contributed by atoms with Crippen LogP contribution in [-0.2, 0) is 11.3 Å². The summed E-state index contributed by atoms with van der Waals surface area (Å²) in [6.45, 7) is 11.8. The molecule has 2 aliphatic carbocycles. The maximum Gasteiger partial charge on any atom is 0.272 e. The third-order valence-corrected chi connectivity index (χ3v) is 7.46. The average molecular weight is 410 g/mol. The number of fused-ring (bicyclic) bond motifs is 2. The third kappa shape index (κ3) is 4.48. The second kappa shape index (κ2) is 8.95. The quantitative estimate of drug-likeness (QED) is 0.452. The van der Waals surface area contributed by atoms with Gasteiger partial charge in [-0.25, -0.2) is 0 Å². The van der Waals surface area contributed by atoms with Crippen LogP contribution in [0.5, 0.6) is 0 Å². The van der Waals surface area contributed by atoms with Crippen molar-refractivity contribution in [2.75, 3.05) is 7.05 Å². The monoisotopic (exact) mass is 409 g/mol. The number of carbonyl (C=O) groups excluding carboxylic acids is 1. The van der Waals surface area contributed by atoms with Gasteiger partial charge in [-0.1, -0.05) is 70.5 Å². The molecular weight excluding hydrogens is 370 g/mol. The van der Waals surface area contributed by atoms with Crippen LogP contribution < -0.4 is 5.32 Å². The maximum atomic E-state index is 13.6. The number of hydrazone groups is 1. The highest BCUT2D eigenvalue weighted by Crippen LogP contribution is 2.62. The Hall–Kier alpha value is -2.10. The number of hydrogen-bond donors (Lipinski definition) is 1. The molecule has 0 saturated heterocycles. The molecule has 0 aliphatic heterocycles. The summed E-state index contributed by atoms with van der Waals surface area (Å²) in [4.78, 5) is 13.6. The smallest absolute Gasteiger partial charge is 0.272 e. The minimum atomic E-state index is -0.0247. The van der Waals surface area contributed by atoms with Gasteiger partial charge in [-0.3, -0.25) is 9.80 Å². The third-order valence-electron chi connectivity index (χ3n) is 7.46. The lowest BCUT2D eigenvalue weighted by Gasteiger charge is -2.43. The zero-order chi connectivity index (χ0) is 21.9. The molecule has 3 unspecified atom stereocenters. The Bertz CT molecular complexity index is 806. The van der Waals surface area contributed by atoms with Crippen LogP contribution in [0.4, 0.5) is 0 Å². The van der Waals surface area contributed by atoms with E-state index in [2.05, 4.69) is 45.1 Å². The Morgan fingerprint density at radius 2 is 1.97 bits per heavy atom. The number of rotatable bonds is 8. The summed E-state index contributed by atoms with van der Waals surface area (Å²) in [7, 11) is 1.95. The summed E-state index contributed by atoms with van der Waals surface area (Å²) >= 11 is 0. The topological polar surface area (TPSA) is 44.7 Å². The van der Waals surface area contributed by atoms with E-state index in [0.29, 0.717) is 18.2 Å². The summed E-state index contributed by atoms with van der Waals surface area (Å²) in [5, 5.41) is 10.1. The predicted molar refractivity (Wildman–Crippen MR) is 125 cm³/mol. The number of carbonyl (C=O) groups is 1. The van der Waals surface area contributed by atoms with Gasteiger partial charge in [0.2, 0.25) is 0 Å². The molecule has 0 aromatic heterocycles. The number of benzene rings is 1. The minimum Gasteiger partial charge on any atom is -0.347 e. The lowest BCUT2D eigenvalue weighted by atomic mass is 9.68. The van der Waals surface area contributed by atoms with Crippen LogP contribution >= 0.6 is 0 Å². The van der Waals surface area contributed by atoms with Gasteiger partial charge in [0.05, 0.1) is 6.54 Å². The van der Waals surface area contributed by atoms with Gasteiger partial charge in [-0.05, 0) is 60.5 Å². The Morgan fingerprint density at radius 1 is 1.27 bits per heavy atom. The molecular formula is C26H39N3O. The molecule has 2 saturated carbocycles. The summed E-state index contributed by atoms with van der Waals surface area (Å²) in [5.74, 6) is 0.675. The van der Waals surface area contributed by atoms with Crippen molar-refractivity contribution >= 4 is 11.6 Å². The number of nitrogens with zero attached hydrogens (tertiary/aromatic N) is 2. The maximum absolute atomic E-state index is 13.6. The first-order valence-corrected chi connectivity index (χ1v) is 11.5. The molecule has 1 N–H and O–H groups in total. The molecule has 3 rings (SSSR count). The molecule has 30 heavy (non-hydrogen) atoms. The lowest BCUT2D eigenvalue weighted by Crippen LogP contribution is -2.54. The molecule has 2 aliphatic rings. The average Bonchev–Trinajstić information content (AvgIpc) is 3.19. The van der Waals surface area contributed by atoms with E-state index >= 15 is 0 Å². The summed E-state index contributed by atoms with van der Waals surface area (Å²) in [5.41, 5.74) is 3.11. The SMILES string of the molecule is C/C=C(CCC)/C(=N\N(C)Cc1ccccc1)C(=O)NC1C2(C)CCC(C2)C1(C)C. The number of nitrogens with one attached hydrogen (secondary N) is 1. The van der Waals surface area contributed by atoms with Crippen LogP contribution in [0.3, 0.4) is 0 Å². The highest BCUT2D eigenvalue weighted by Gasteiger charge is 2.59. The predicted octanol–water partition coefficient (Wildman–Crippen LogP) is 5.55. The van der Waals surface area contributed by atoms with Crippen molar-refractivity contribution < 1.29 is 4.79 Å². The molecule has 1 aromatic carbocycles. The molecule has 2 fully saturated rings. The van der Waals surface area contributed by atoms with E-state index in [-0.39, 0.29) is 22.8 Å². The second-order valence-corrected chi connectivity index (χ2v) is 10.1. The Balaban J connectivity index is 1.84. The van der Waals surface area contributed by atoms with Crippen LogP contribution in [0.25, 0.3) is 0 Å². The summed E-state index contributed by atoms with van der Waals surface area (Å²) in [6, 6.07) is 10.5. The van der Waals surface area contributed by atoms with Crippen molar-refractivity contribution in [2.45, 2.75) is 79.3 Å². The molecule has 4 nitrogen and oxygen atoms in total. The standard InChI is InChI=1S/C26H39N3O/c1-7-12-20(8-2)22(28-29(6)18-19-13-10-9-11-14-19)23(30)27-24-25(3,4)21-15-16-26(24,5)17-21/h8-11,13-14,21,24H,7,12,15-18H2,1-6H3,(H,27,30)/b20-8+,28-22+. The summed E-state index contributed by atoms with van der Waals surface area (Å²) < 4.78 is 0. The zero-order valence-corrected chi connectivity index (χ0v) is 19.7. The van der Waals surface area contributed by atoms with Crippen molar-refractivity contribution in [1.29, 1.82) is 0 Å². The highest BCUT2D eigenvalue weighted by molar-refractivity contribution is 6.45. The number of amides is 1. The number of hydrogen-bond acceptors (Lipinski definition) is 3. The van der Waals surface area contributed by atoms with Gasteiger partial charge < -0.3 is 5.32 Å². The normalized spacial score (nSPS) is 27.9. The van der Waals surface area contributed by atoms with Gasteiger partial charge in [-0.15, -0.1) is 0 Å². The van der Waals surface area contributed by atoms with Crippen LogP contribution in [0.15, 0.2) is 47.1 Å². The van der Waals surface area contributed by atoms with Crippen LogP contribution in [-0.4, -0.2) is 29.7 Å². The fraction of sp³-hybridized carbons (Fsp3) is 0.615. The molecule has 2 bridgehead atoms. The van der Waals surface area contributed by atoms with E-state index in [9.17, 15) is 4.79 Å². The Morgan fingerprint density at radius 3 is 2.53 bits per heavy atom. The summed E-state index contributed by atoms with van der Waals surface area (Å²) in [6.07, 6.45) is 7.60. The van der Waals surface area contributed by atoms with Crippen molar-refractivity contribution in [2.24, 2.45) is 21.8 Å².